The number of halogens is 4. The van der Waals surface area contributed by atoms with Gasteiger partial charge in [0.05, 0.1) is 0 Å². The summed E-state index contributed by atoms with van der Waals surface area (Å²) >= 11 is 0. The second-order valence-corrected chi connectivity index (χ2v) is 0. The van der Waals surface area contributed by atoms with Crippen molar-refractivity contribution in [3.8, 4) is 0 Å². The van der Waals surface area contributed by atoms with Crippen LogP contribution < -0.4 is 49.6 Å². The summed E-state index contributed by atoms with van der Waals surface area (Å²) < 4.78 is 0. The number of hydrogen-bond acceptors (Lipinski definition) is 0. The first-order valence-electron chi connectivity index (χ1n) is 0. The van der Waals surface area contributed by atoms with Gasteiger partial charge in [-0.1, -0.05) is 0 Å². The fourth-order valence-electron chi connectivity index (χ4n) is 0. The molecule has 0 aromatic carbocycles. The van der Waals surface area contributed by atoms with Crippen LogP contribution in [0.4, 0.5) is 0 Å². The van der Waals surface area contributed by atoms with E-state index >= 15 is 0 Å². The first-order chi connectivity index (χ1) is 0. The molecule has 2 radical (unpaired) electrons. The van der Waals surface area contributed by atoms with Crippen molar-refractivity contribution in [3.63, 3.8) is 0 Å². The minimum atomic E-state index is 0. The summed E-state index contributed by atoms with van der Waals surface area (Å²) in [5.41, 5.74) is 0. The van der Waals surface area contributed by atoms with Crippen LogP contribution in [0.5, 0.6) is 0 Å². The summed E-state index contributed by atoms with van der Waals surface area (Å²) in [6.45, 7) is 0. The van der Waals surface area contributed by atoms with Gasteiger partial charge in [-0.25, -0.2) is 0 Å². The molecule has 0 aliphatic rings. The summed E-state index contributed by atoms with van der Waals surface area (Å²) in [5, 5.41) is 0. The Morgan fingerprint density at radius 2 is 0.400 bits per heavy atom. The molecule has 0 saturated heterocycles. The van der Waals surface area contributed by atoms with Crippen LogP contribution in [0.25, 0.3) is 0 Å². The van der Waals surface area contributed by atoms with Crippen LogP contribution in [0.15, 0.2) is 0 Å². The number of hydrogen-bond donors (Lipinski definition) is 0. The van der Waals surface area contributed by atoms with E-state index in [1.807, 2.05) is 0 Å². The van der Waals surface area contributed by atoms with E-state index in [-0.39, 0.29) is 76.2 Å². The van der Waals surface area contributed by atoms with Gasteiger partial charge >= 0.3 is 0 Å². The Kier molecular flexibility index (Phi) is 448. The molecule has 0 N–H and O–H groups in total. The van der Waals surface area contributed by atoms with Crippen molar-refractivity contribution >= 4 is 26.6 Å². The number of rotatable bonds is 0. The van der Waals surface area contributed by atoms with E-state index in [0.29, 0.717) is 0 Å². The van der Waals surface area contributed by atoms with E-state index in [0.717, 1.165) is 0 Å². The predicted octanol–water partition coefficient (Wildman–Crippen LogP) is -12.4. The van der Waals surface area contributed by atoms with E-state index in [1.165, 1.54) is 0 Å². The zero-order chi connectivity index (χ0) is 0. The summed E-state index contributed by atoms with van der Waals surface area (Å²) in [4.78, 5) is 0. The quantitative estimate of drug-likeness (QED) is 0.407. The first kappa shape index (κ1) is 61.2. The van der Waals surface area contributed by atoms with Gasteiger partial charge in [0, 0.05) is 26.6 Å². The van der Waals surface area contributed by atoms with Crippen molar-refractivity contribution in [1.29, 1.82) is 0 Å². The maximum Gasteiger partial charge on any atom is 0 e. The van der Waals surface area contributed by atoms with Gasteiger partial charge in [-0.05, 0) is 0 Å². The van der Waals surface area contributed by atoms with Crippen LogP contribution in [0.2, 0.25) is 0 Å². The monoisotopic (exact) mass is 349 g/mol. The molecule has 0 atom stereocenters. The molecule has 0 fully saturated rings. The molecule has 0 unspecified atom stereocenters. The molecule has 0 saturated carbocycles. The Balaban J connectivity index is 0. The fourth-order valence-corrected chi connectivity index (χ4v) is 0. The van der Waals surface area contributed by atoms with Crippen LogP contribution in [-0.4, -0.2) is 26.6 Å². The second-order valence-electron chi connectivity index (χ2n) is 0. The minimum Gasteiger partial charge on any atom is -1.00 e. The summed E-state index contributed by atoms with van der Waals surface area (Å²) in [6.07, 6.45) is 0. The van der Waals surface area contributed by atoms with Gasteiger partial charge < -0.3 is 49.6 Å². The topological polar surface area (TPSA) is 0 Å². The molecular weight excluding hydrogens is 351 g/mol. The summed E-state index contributed by atoms with van der Waals surface area (Å²) in [6, 6.07) is 0. The average molecular weight is 351 g/mol. The molecule has 0 aliphatic carbocycles. The Morgan fingerprint density at radius 3 is 0.400 bits per heavy atom. The molecule has 0 amide bonds. The van der Waals surface area contributed by atoms with Crippen molar-refractivity contribution in [2.45, 2.75) is 0 Å². The van der Waals surface area contributed by atoms with Crippen molar-refractivity contribution in [2.75, 3.05) is 0 Å². The van der Waals surface area contributed by atoms with Crippen molar-refractivity contribution in [2.24, 2.45) is 0 Å². The van der Waals surface area contributed by atoms with Gasteiger partial charge in [0.2, 0.25) is 0 Å². The zero-order valence-corrected chi connectivity index (χ0v) is 8.12. The van der Waals surface area contributed by atoms with Crippen LogP contribution >= 0.6 is 0 Å². The molecule has 5 heavy (non-hydrogen) atoms. The maximum absolute atomic E-state index is 0. The first-order valence-corrected chi connectivity index (χ1v) is 0. The van der Waals surface area contributed by atoms with Gasteiger partial charge in [0.15, 0.2) is 0 Å². The van der Waals surface area contributed by atoms with Crippen LogP contribution in [0.3, 0.4) is 0 Å². The van der Waals surface area contributed by atoms with E-state index in [4.69, 9.17) is 0 Å². The van der Waals surface area contributed by atoms with Crippen molar-refractivity contribution in [3.05, 3.63) is 0 Å². The van der Waals surface area contributed by atoms with Crippen molar-refractivity contribution < 1.29 is 49.6 Å². The molecule has 0 rings (SSSR count). The summed E-state index contributed by atoms with van der Waals surface area (Å²) in [7, 11) is 0. The molecule has 0 aromatic heterocycles. The van der Waals surface area contributed by atoms with E-state index in [9.17, 15) is 0 Å². The zero-order valence-electron chi connectivity index (χ0n) is 1.92. The van der Waals surface area contributed by atoms with Crippen LogP contribution in [-0.2, 0) is 0 Å². The molecule has 0 spiro atoms. The Hall–Kier alpha value is 2.06. The SMILES string of the molecule is [Cl-].[Cl-].[Cl-].[Cl-].[Po]. The standard InChI is InChI=1S/4ClH.Po/h4*1H;/p-4. The van der Waals surface area contributed by atoms with Gasteiger partial charge in [0.1, 0.15) is 0 Å². The molecule has 0 heterocycles. The third-order valence-corrected chi connectivity index (χ3v) is 0. The minimum absolute atomic E-state index is 0. The molecular formula is Cl4Po-4. The third kappa shape index (κ3) is 23.6. The molecule has 5 heteroatoms. The molecule has 0 aromatic rings. The Bertz CT molecular complexity index is 3.61. The largest absolute Gasteiger partial charge is 1.00 e. The van der Waals surface area contributed by atoms with Crippen molar-refractivity contribution in [1.82, 2.24) is 0 Å². The van der Waals surface area contributed by atoms with E-state index < -0.39 is 0 Å². The molecule has 0 bridgehead atoms. The van der Waals surface area contributed by atoms with E-state index in [1.54, 1.807) is 0 Å². The van der Waals surface area contributed by atoms with Gasteiger partial charge in [0.25, 0.3) is 0 Å². The fraction of sp³-hybridized carbons (Fsp3) is 0. The second kappa shape index (κ2) is 36.6. The predicted molar refractivity (Wildman–Crippen MR) is 5.75 cm³/mol. The normalized spacial score (nSPS) is 0. The Labute approximate surface area is 75.6 Å². The van der Waals surface area contributed by atoms with Crippen LogP contribution in [0, 0.1) is 0 Å². The summed E-state index contributed by atoms with van der Waals surface area (Å²) in [5.74, 6) is 0. The van der Waals surface area contributed by atoms with E-state index in [2.05, 4.69) is 0 Å². The average Bonchev–Trinajstić information content (AvgIpc) is 0. The maximum atomic E-state index is 0. The molecule has 38 valence electrons. The van der Waals surface area contributed by atoms with Gasteiger partial charge in [-0.3, -0.25) is 0 Å². The smallest absolute Gasteiger partial charge is 0 e. The third-order valence-electron chi connectivity index (χ3n) is 0. The Morgan fingerprint density at radius 1 is 0.400 bits per heavy atom. The molecule has 0 nitrogen and oxygen atoms in total. The molecule has 0 aliphatic heterocycles. The van der Waals surface area contributed by atoms with Gasteiger partial charge in [-0.15, -0.1) is 0 Å². The van der Waals surface area contributed by atoms with Gasteiger partial charge in [-0.2, -0.15) is 0 Å². The van der Waals surface area contributed by atoms with Crippen LogP contribution in [0.1, 0.15) is 0 Å².